The van der Waals surface area contributed by atoms with Gasteiger partial charge in [-0.1, -0.05) is 59.8 Å². The summed E-state index contributed by atoms with van der Waals surface area (Å²) >= 11 is 1.38. The van der Waals surface area contributed by atoms with E-state index in [0.717, 1.165) is 16.2 Å². The first-order valence-corrected chi connectivity index (χ1v) is 11.7. The molecule has 7 nitrogen and oxygen atoms in total. The maximum Gasteiger partial charge on any atom is 0.250 e. The fourth-order valence-electron chi connectivity index (χ4n) is 3.54. The third kappa shape index (κ3) is 5.40. The lowest BCUT2D eigenvalue weighted by Crippen LogP contribution is -2.20. The Hall–Kier alpha value is -3.78. The van der Waals surface area contributed by atoms with Gasteiger partial charge < -0.3 is 14.0 Å². The molecule has 0 aliphatic heterocycles. The van der Waals surface area contributed by atoms with E-state index >= 15 is 0 Å². The molecule has 0 saturated heterocycles. The summed E-state index contributed by atoms with van der Waals surface area (Å²) in [6.07, 6.45) is 1.54. The van der Waals surface area contributed by atoms with Crippen LogP contribution in [0.2, 0.25) is 0 Å². The van der Waals surface area contributed by atoms with Crippen LogP contribution in [0.5, 0.6) is 11.5 Å². The van der Waals surface area contributed by atoms with Crippen LogP contribution in [0.4, 0.5) is 0 Å². The minimum Gasteiger partial charge on any atom is -0.493 e. The molecule has 0 atom stereocenters. The van der Waals surface area contributed by atoms with Crippen LogP contribution in [0.15, 0.2) is 77.0 Å². The molecule has 0 unspecified atom stereocenters. The van der Waals surface area contributed by atoms with Crippen LogP contribution in [0, 0.1) is 6.92 Å². The Morgan fingerprint density at radius 3 is 2.62 bits per heavy atom. The van der Waals surface area contributed by atoms with Gasteiger partial charge in [0.25, 0.3) is 5.91 Å². The van der Waals surface area contributed by atoms with Gasteiger partial charge in [0.2, 0.25) is 0 Å². The van der Waals surface area contributed by atoms with Crippen molar-refractivity contribution in [2.24, 2.45) is 5.10 Å². The number of rotatable bonds is 9. The molecule has 4 rings (SSSR count). The first-order chi connectivity index (χ1) is 16.6. The molecule has 0 aliphatic carbocycles. The number of benzene rings is 3. The zero-order valence-corrected chi connectivity index (χ0v) is 20.1. The van der Waals surface area contributed by atoms with Crippen molar-refractivity contribution >= 4 is 34.9 Å². The van der Waals surface area contributed by atoms with Gasteiger partial charge in [-0.15, -0.1) is 0 Å². The van der Waals surface area contributed by atoms with Gasteiger partial charge in [0.1, 0.15) is 0 Å². The van der Waals surface area contributed by atoms with Crippen LogP contribution in [-0.2, 0) is 11.3 Å². The van der Waals surface area contributed by atoms with Gasteiger partial charge in [-0.2, -0.15) is 5.10 Å². The van der Waals surface area contributed by atoms with E-state index in [1.807, 2.05) is 36.4 Å². The summed E-state index contributed by atoms with van der Waals surface area (Å²) in [4.78, 5) is 17.2. The van der Waals surface area contributed by atoms with Crippen molar-refractivity contribution in [3.05, 3.63) is 83.4 Å². The van der Waals surface area contributed by atoms with Gasteiger partial charge in [-0.25, -0.2) is 10.4 Å². The summed E-state index contributed by atoms with van der Waals surface area (Å²) in [7, 11) is 3.14. The number of carbonyl (C=O) groups excluding carboxylic acids is 1. The lowest BCUT2D eigenvalue weighted by molar-refractivity contribution is -0.118. The minimum atomic E-state index is -0.225. The van der Waals surface area contributed by atoms with Crippen molar-refractivity contribution < 1.29 is 14.3 Å². The van der Waals surface area contributed by atoms with E-state index in [9.17, 15) is 4.79 Å². The number of aromatic nitrogens is 2. The van der Waals surface area contributed by atoms with Gasteiger partial charge >= 0.3 is 0 Å². The molecule has 1 N–H and O–H groups in total. The van der Waals surface area contributed by atoms with Gasteiger partial charge in [-0.3, -0.25) is 4.79 Å². The second-order valence-corrected chi connectivity index (χ2v) is 8.56. The van der Waals surface area contributed by atoms with Crippen LogP contribution in [0.25, 0.3) is 11.0 Å². The molecule has 1 aromatic heterocycles. The highest BCUT2D eigenvalue weighted by Gasteiger charge is 2.13. The molecule has 8 heteroatoms. The second-order valence-electron chi connectivity index (χ2n) is 7.62. The Kier molecular flexibility index (Phi) is 7.49. The van der Waals surface area contributed by atoms with E-state index in [1.54, 1.807) is 20.3 Å². The number of carbonyl (C=O) groups is 1. The lowest BCUT2D eigenvalue weighted by atomic mass is 10.1. The number of methoxy groups -OCH3 is 2. The predicted octanol–water partition coefficient (Wildman–Crippen LogP) is 4.65. The van der Waals surface area contributed by atoms with Crippen molar-refractivity contribution in [2.45, 2.75) is 18.6 Å². The monoisotopic (exact) mass is 474 g/mol. The van der Waals surface area contributed by atoms with Crippen LogP contribution in [0.3, 0.4) is 0 Å². The lowest BCUT2D eigenvalue weighted by Gasteiger charge is -2.10. The van der Waals surface area contributed by atoms with Crippen molar-refractivity contribution in [3.63, 3.8) is 0 Å². The standard InChI is InChI=1S/C26H26N4O3S/c1-18-11-13-19(14-12-18)16-30-22-9-5-4-8-21(22)28-26(30)34-17-24(31)29-27-15-20-7-6-10-23(32-2)25(20)33-3/h4-15H,16-17H2,1-3H3,(H,29,31)/b27-15-. The number of para-hydroxylation sites is 3. The molecule has 0 bridgehead atoms. The Balaban J connectivity index is 1.45. The number of nitrogens with one attached hydrogen (secondary N) is 1. The number of hydrogen-bond acceptors (Lipinski definition) is 6. The van der Waals surface area contributed by atoms with Crippen molar-refractivity contribution in [1.82, 2.24) is 15.0 Å². The third-order valence-electron chi connectivity index (χ3n) is 5.24. The molecule has 1 amide bonds. The summed E-state index contributed by atoms with van der Waals surface area (Å²) in [5.41, 5.74) is 7.62. The zero-order valence-electron chi connectivity index (χ0n) is 19.3. The van der Waals surface area contributed by atoms with Gasteiger partial charge in [0.05, 0.1) is 43.8 Å². The predicted molar refractivity (Wildman–Crippen MR) is 136 cm³/mol. The minimum absolute atomic E-state index is 0.184. The van der Waals surface area contributed by atoms with Crippen molar-refractivity contribution in [1.29, 1.82) is 0 Å². The zero-order chi connectivity index (χ0) is 23.9. The van der Waals surface area contributed by atoms with E-state index in [1.165, 1.54) is 29.1 Å². The normalized spacial score (nSPS) is 11.1. The summed E-state index contributed by atoms with van der Waals surface area (Å²) in [6.45, 7) is 2.75. The van der Waals surface area contributed by atoms with E-state index in [2.05, 4.69) is 46.3 Å². The topological polar surface area (TPSA) is 77.7 Å². The van der Waals surface area contributed by atoms with Crippen molar-refractivity contribution in [2.75, 3.05) is 20.0 Å². The molecule has 1 heterocycles. The maximum atomic E-state index is 12.5. The third-order valence-corrected chi connectivity index (χ3v) is 6.22. The molecule has 0 saturated carbocycles. The molecule has 3 aromatic carbocycles. The van der Waals surface area contributed by atoms with Crippen LogP contribution < -0.4 is 14.9 Å². The van der Waals surface area contributed by atoms with Gasteiger partial charge in [-0.05, 0) is 36.8 Å². The fourth-order valence-corrected chi connectivity index (χ4v) is 4.35. The fraction of sp³-hybridized carbons (Fsp3) is 0.192. The molecule has 0 spiro atoms. The Morgan fingerprint density at radius 1 is 1.06 bits per heavy atom. The van der Waals surface area contributed by atoms with Gasteiger partial charge in [0, 0.05) is 5.56 Å². The number of fused-ring (bicyclic) bond motifs is 1. The van der Waals surface area contributed by atoms with E-state index < -0.39 is 0 Å². The quantitative estimate of drug-likeness (QED) is 0.217. The highest BCUT2D eigenvalue weighted by molar-refractivity contribution is 7.99. The number of thioether (sulfide) groups is 1. The average molecular weight is 475 g/mol. The molecule has 0 aliphatic rings. The molecule has 34 heavy (non-hydrogen) atoms. The van der Waals surface area contributed by atoms with E-state index in [0.29, 0.717) is 23.6 Å². The Bertz CT molecular complexity index is 1320. The molecule has 0 fully saturated rings. The van der Waals surface area contributed by atoms with Crippen LogP contribution in [-0.4, -0.2) is 41.6 Å². The van der Waals surface area contributed by atoms with E-state index in [4.69, 9.17) is 14.5 Å². The maximum absolute atomic E-state index is 12.5. The van der Waals surface area contributed by atoms with Crippen LogP contribution in [0.1, 0.15) is 16.7 Å². The highest BCUT2D eigenvalue weighted by Crippen LogP contribution is 2.29. The number of aryl methyl sites for hydroxylation is 1. The molecule has 0 radical (unpaired) electrons. The average Bonchev–Trinajstić information content (AvgIpc) is 3.21. The number of imidazole rings is 1. The summed E-state index contributed by atoms with van der Waals surface area (Å²) in [6, 6.07) is 21.9. The second kappa shape index (κ2) is 10.9. The van der Waals surface area contributed by atoms with Crippen LogP contribution >= 0.6 is 11.8 Å². The Morgan fingerprint density at radius 2 is 1.85 bits per heavy atom. The largest absolute Gasteiger partial charge is 0.493 e. The smallest absolute Gasteiger partial charge is 0.250 e. The number of hydrogen-bond donors (Lipinski definition) is 1. The molecule has 4 aromatic rings. The number of nitrogens with zero attached hydrogens (tertiary/aromatic N) is 3. The number of hydrazone groups is 1. The molecule has 174 valence electrons. The summed E-state index contributed by atoms with van der Waals surface area (Å²) in [5, 5.41) is 4.87. The summed E-state index contributed by atoms with van der Waals surface area (Å²) < 4.78 is 12.8. The number of ether oxygens (including phenoxy) is 2. The first-order valence-electron chi connectivity index (χ1n) is 10.8. The van der Waals surface area contributed by atoms with Gasteiger partial charge in [0.15, 0.2) is 16.7 Å². The molecular weight excluding hydrogens is 448 g/mol. The van der Waals surface area contributed by atoms with Crippen molar-refractivity contribution in [3.8, 4) is 11.5 Å². The SMILES string of the molecule is COc1cccc(/C=N\NC(=O)CSc2nc3ccccc3n2Cc2ccc(C)cc2)c1OC. The Labute approximate surface area is 202 Å². The summed E-state index contributed by atoms with van der Waals surface area (Å²) in [5.74, 6) is 1.11. The number of amides is 1. The first kappa shape index (κ1) is 23.4. The highest BCUT2D eigenvalue weighted by atomic mass is 32.2. The molecular formula is C26H26N4O3S. The van der Waals surface area contributed by atoms with E-state index in [-0.39, 0.29) is 11.7 Å².